The summed E-state index contributed by atoms with van der Waals surface area (Å²) in [6.07, 6.45) is 6.55. The highest BCUT2D eigenvalue weighted by molar-refractivity contribution is 5.85. The van der Waals surface area contributed by atoms with E-state index in [4.69, 9.17) is 5.73 Å². The van der Waals surface area contributed by atoms with Crippen LogP contribution in [0.4, 0.5) is 0 Å². The van der Waals surface area contributed by atoms with Gasteiger partial charge in [-0.25, -0.2) is 0 Å². The number of rotatable bonds is 5. The minimum absolute atomic E-state index is 0. The Hall–Kier alpha value is 0.250. The Bertz CT molecular complexity index is 55.2. The Kier molecular flexibility index (Phi) is 11.9. The van der Waals surface area contributed by atoms with Gasteiger partial charge in [0.2, 0.25) is 0 Å². The van der Waals surface area contributed by atoms with Gasteiger partial charge in [0.1, 0.15) is 0 Å². The van der Waals surface area contributed by atoms with E-state index in [2.05, 4.69) is 13.8 Å². The van der Waals surface area contributed by atoms with Crippen molar-refractivity contribution in [2.24, 2.45) is 5.73 Å². The molecule has 2 heteroatoms. The van der Waals surface area contributed by atoms with Crippen LogP contribution in [-0.4, -0.2) is 6.04 Å². The summed E-state index contributed by atoms with van der Waals surface area (Å²) in [6, 6.07) is 0.404. The Balaban J connectivity index is 0. The third kappa shape index (κ3) is 11.1. The first-order valence-corrected chi connectivity index (χ1v) is 4.03. The van der Waals surface area contributed by atoms with E-state index in [1.165, 1.54) is 32.1 Å². The van der Waals surface area contributed by atoms with Gasteiger partial charge >= 0.3 is 0 Å². The van der Waals surface area contributed by atoms with Crippen molar-refractivity contribution in [3.05, 3.63) is 0 Å². The topological polar surface area (TPSA) is 26.0 Å². The lowest BCUT2D eigenvalue weighted by molar-refractivity contribution is 0.575. The molecule has 0 heterocycles. The highest BCUT2D eigenvalue weighted by Crippen LogP contribution is 2.03. The maximum atomic E-state index is 5.57. The van der Waals surface area contributed by atoms with Gasteiger partial charge in [-0.2, -0.15) is 0 Å². The summed E-state index contributed by atoms with van der Waals surface area (Å²) in [5.41, 5.74) is 5.57. The van der Waals surface area contributed by atoms with Crippen molar-refractivity contribution >= 4 is 12.4 Å². The molecule has 2 N–H and O–H groups in total. The summed E-state index contributed by atoms with van der Waals surface area (Å²) in [6.45, 7) is 4.30. The molecule has 0 saturated carbocycles. The van der Waals surface area contributed by atoms with E-state index in [9.17, 15) is 0 Å². The number of unbranched alkanes of at least 4 members (excludes halogenated alkanes) is 3. The second-order valence-corrected chi connectivity index (χ2v) is 2.83. The smallest absolute Gasteiger partial charge is 0.00104 e. The highest BCUT2D eigenvalue weighted by Gasteiger charge is 1.91. The van der Waals surface area contributed by atoms with Gasteiger partial charge in [0.15, 0.2) is 0 Å². The summed E-state index contributed by atoms with van der Waals surface area (Å²) in [4.78, 5) is 0. The zero-order chi connectivity index (χ0) is 7.11. The number of halogens is 1. The van der Waals surface area contributed by atoms with Gasteiger partial charge in [-0.1, -0.05) is 32.6 Å². The van der Waals surface area contributed by atoms with Gasteiger partial charge in [0.25, 0.3) is 0 Å². The summed E-state index contributed by atoms with van der Waals surface area (Å²) in [5.74, 6) is 0. The second kappa shape index (κ2) is 9.25. The van der Waals surface area contributed by atoms with E-state index < -0.39 is 0 Å². The van der Waals surface area contributed by atoms with E-state index in [0.717, 1.165) is 0 Å². The van der Waals surface area contributed by atoms with Crippen molar-refractivity contribution in [3.8, 4) is 0 Å². The van der Waals surface area contributed by atoms with Crippen LogP contribution in [-0.2, 0) is 0 Å². The Labute approximate surface area is 70.8 Å². The standard InChI is InChI=1S/C8H19N.ClH/c1-3-4-5-6-7-8(2)9;/h8H,3-7,9H2,1-2H3;1H/t8-;/m1./s1. The van der Waals surface area contributed by atoms with Crippen LogP contribution >= 0.6 is 12.4 Å². The van der Waals surface area contributed by atoms with Crippen molar-refractivity contribution in [1.82, 2.24) is 0 Å². The van der Waals surface area contributed by atoms with Crippen LogP contribution in [0.3, 0.4) is 0 Å². The molecule has 0 unspecified atom stereocenters. The molecule has 1 nitrogen and oxygen atoms in total. The van der Waals surface area contributed by atoms with Gasteiger partial charge in [-0.05, 0) is 13.3 Å². The minimum Gasteiger partial charge on any atom is -0.328 e. The van der Waals surface area contributed by atoms with Crippen LogP contribution in [0.25, 0.3) is 0 Å². The summed E-state index contributed by atoms with van der Waals surface area (Å²) >= 11 is 0. The van der Waals surface area contributed by atoms with E-state index in [0.29, 0.717) is 6.04 Å². The summed E-state index contributed by atoms with van der Waals surface area (Å²) < 4.78 is 0. The molecule has 0 amide bonds. The maximum Gasteiger partial charge on any atom is 0.00104 e. The van der Waals surface area contributed by atoms with Crippen LogP contribution in [0.2, 0.25) is 0 Å². The van der Waals surface area contributed by atoms with E-state index in [1.54, 1.807) is 0 Å². The molecule has 0 saturated heterocycles. The van der Waals surface area contributed by atoms with E-state index in [-0.39, 0.29) is 12.4 Å². The molecule has 64 valence electrons. The molecule has 1 atom stereocenters. The molecule has 10 heavy (non-hydrogen) atoms. The van der Waals surface area contributed by atoms with Gasteiger partial charge in [0, 0.05) is 6.04 Å². The quantitative estimate of drug-likeness (QED) is 0.623. The average Bonchev–Trinajstić information content (AvgIpc) is 1.80. The third-order valence-corrected chi connectivity index (χ3v) is 1.51. The molecule has 0 fully saturated rings. The molecular formula is C8H20ClN. The molecular weight excluding hydrogens is 146 g/mol. The van der Waals surface area contributed by atoms with Gasteiger partial charge in [-0.3, -0.25) is 0 Å². The van der Waals surface area contributed by atoms with Gasteiger partial charge in [0.05, 0.1) is 0 Å². The third-order valence-electron chi connectivity index (χ3n) is 1.51. The number of nitrogens with two attached hydrogens (primary N) is 1. The van der Waals surface area contributed by atoms with Crippen molar-refractivity contribution in [2.45, 2.75) is 52.0 Å². The second-order valence-electron chi connectivity index (χ2n) is 2.83. The minimum atomic E-state index is 0. The predicted molar refractivity (Wildman–Crippen MR) is 49.7 cm³/mol. The molecule has 0 aromatic carbocycles. The van der Waals surface area contributed by atoms with Crippen LogP contribution in [0.15, 0.2) is 0 Å². The molecule has 0 aliphatic rings. The monoisotopic (exact) mass is 165 g/mol. The largest absolute Gasteiger partial charge is 0.328 e. The van der Waals surface area contributed by atoms with Crippen molar-refractivity contribution in [1.29, 1.82) is 0 Å². The normalized spacial score (nSPS) is 12.3. The zero-order valence-electron chi connectivity index (χ0n) is 7.10. The van der Waals surface area contributed by atoms with E-state index in [1.807, 2.05) is 0 Å². The Morgan fingerprint density at radius 3 is 2.20 bits per heavy atom. The number of hydrogen-bond donors (Lipinski definition) is 1. The molecule has 0 aromatic heterocycles. The fourth-order valence-electron chi connectivity index (χ4n) is 0.893. The zero-order valence-corrected chi connectivity index (χ0v) is 7.91. The lowest BCUT2D eigenvalue weighted by Gasteiger charge is -2.02. The SMILES string of the molecule is CCCCCC[C@@H](C)N.Cl. The Morgan fingerprint density at radius 2 is 1.80 bits per heavy atom. The Morgan fingerprint density at radius 1 is 1.20 bits per heavy atom. The molecule has 0 spiro atoms. The number of hydrogen-bond acceptors (Lipinski definition) is 1. The van der Waals surface area contributed by atoms with Crippen LogP contribution in [0.5, 0.6) is 0 Å². The van der Waals surface area contributed by atoms with Crippen LogP contribution in [0.1, 0.15) is 46.0 Å². The highest BCUT2D eigenvalue weighted by atomic mass is 35.5. The van der Waals surface area contributed by atoms with Gasteiger partial charge < -0.3 is 5.73 Å². The lowest BCUT2D eigenvalue weighted by Crippen LogP contribution is -2.13. The van der Waals surface area contributed by atoms with Crippen LogP contribution < -0.4 is 5.73 Å². The van der Waals surface area contributed by atoms with Gasteiger partial charge in [-0.15, -0.1) is 12.4 Å². The molecule has 0 aromatic rings. The predicted octanol–water partition coefficient (Wildman–Crippen LogP) is 2.73. The molecule has 0 bridgehead atoms. The average molecular weight is 166 g/mol. The summed E-state index contributed by atoms with van der Waals surface area (Å²) in [5, 5.41) is 0. The molecule has 0 radical (unpaired) electrons. The fourth-order valence-corrected chi connectivity index (χ4v) is 0.893. The van der Waals surface area contributed by atoms with E-state index >= 15 is 0 Å². The van der Waals surface area contributed by atoms with Crippen LogP contribution in [0, 0.1) is 0 Å². The lowest BCUT2D eigenvalue weighted by atomic mass is 10.1. The maximum absolute atomic E-state index is 5.57. The fraction of sp³-hybridized carbons (Fsp3) is 1.00. The first-order chi connectivity index (χ1) is 4.27. The first-order valence-electron chi connectivity index (χ1n) is 4.03. The molecule has 0 rings (SSSR count). The molecule has 0 aliphatic carbocycles. The summed E-state index contributed by atoms with van der Waals surface area (Å²) in [7, 11) is 0. The first kappa shape index (κ1) is 12.9. The van der Waals surface area contributed by atoms with Crippen molar-refractivity contribution in [3.63, 3.8) is 0 Å². The molecule has 0 aliphatic heterocycles. The van der Waals surface area contributed by atoms with Crippen molar-refractivity contribution < 1.29 is 0 Å². The van der Waals surface area contributed by atoms with Crippen molar-refractivity contribution in [2.75, 3.05) is 0 Å².